The molecule has 8 heteroatoms. The third-order valence-electron chi connectivity index (χ3n) is 4.47. The number of hydrogen-bond acceptors (Lipinski definition) is 6. The standard InChI is InChI=1S/C24H15BrClNO5/c1-30-21-10-7-17(26)13-19(21)22-27-20(24(29)32-22)11-14-5-8-18(9-6-14)31-23(28)15-3-2-4-16(25)12-15/h2-13H,1H3/b20-11+. The number of cyclic esters (lactones) is 1. The molecule has 1 aliphatic rings. The van der Waals surface area contributed by atoms with Gasteiger partial charge in [0.1, 0.15) is 11.5 Å². The first-order chi connectivity index (χ1) is 15.4. The quantitative estimate of drug-likeness (QED) is 0.250. The maximum absolute atomic E-state index is 12.3. The van der Waals surface area contributed by atoms with E-state index in [0.29, 0.717) is 33.2 Å². The van der Waals surface area contributed by atoms with E-state index in [2.05, 4.69) is 20.9 Å². The molecule has 0 aromatic heterocycles. The van der Waals surface area contributed by atoms with Crippen LogP contribution in [-0.4, -0.2) is 24.9 Å². The molecule has 3 aromatic carbocycles. The van der Waals surface area contributed by atoms with Crippen LogP contribution in [0, 0.1) is 0 Å². The Labute approximate surface area is 197 Å². The number of carbonyl (C=O) groups excluding carboxylic acids is 2. The molecule has 0 spiro atoms. The molecule has 6 nitrogen and oxygen atoms in total. The number of esters is 2. The lowest BCUT2D eigenvalue weighted by Crippen LogP contribution is -2.08. The molecule has 4 rings (SSSR count). The lowest BCUT2D eigenvalue weighted by atomic mass is 10.2. The van der Waals surface area contributed by atoms with Gasteiger partial charge in [-0.15, -0.1) is 0 Å². The van der Waals surface area contributed by atoms with Crippen molar-refractivity contribution in [3.05, 3.63) is 98.6 Å². The minimum absolute atomic E-state index is 0.111. The molecule has 0 radical (unpaired) electrons. The number of carbonyl (C=O) groups is 2. The van der Waals surface area contributed by atoms with Crippen LogP contribution in [0.4, 0.5) is 0 Å². The average Bonchev–Trinajstić information content (AvgIpc) is 3.15. The molecule has 0 fully saturated rings. The fourth-order valence-electron chi connectivity index (χ4n) is 2.94. The summed E-state index contributed by atoms with van der Waals surface area (Å²) < 4.78 is 16.8. The van der Waals surface area contributed by atoms with Crippen LogP contribution in [0.15, 0.2) is 81.9 Å². The Morgan fingerprint density at radius 1 is 1.09 bits per heavy atom. The number of halogens is 2. The van der Waals surface area contributed by atoms with Crippen molar-refractivity contribution in [2.24, 2.45) is 4.99 Å². The number of nitrogens with zero attached hydrogens (tertiary/aromatic N) is 1. The summed E-state index contributed by atoms with van der Waals surface area (Å²) in [6.45, 7) is 0. The zero-order valence-corrected chi connectivity index (χ0v) is 19.0. The Morgan fingerprint density at radius 2 is 1.88 bits per heavy atom. The number of hydrogen-bond donors (Lipinski definition) is 0. The van der Waals surface area contributed by atoms with Crippen LogP contribution in [0.25, 0.3) is 6.08 Å². The van der Waals surface area contributed by atoms with Crippen molar-refractivity contribution >= 4 is 51.4 Å². The van der Waals surface area contributed by atoms with E-state index in [0.717, 1.165) is 4.47 Å². The summed E-state index contributed by atoms with van der Waals surface area (Å²) in [5, 5.41) is 0.463. The molecule has 32 heavy (non-hydrogen) atoms. The summed E-state index contributed by atoms with van der Waals surface area (Å²) in [5.41, 5.74) is 1.72. The van der Waals surface area contributed by atoms with Crippen molar-refractivity contribution in [1.82, 2.24) is 0 Å². The van der Waals surface area contributed by atoms with Crippen LogP contribution in [0.3, 0.4) is 0 Å². The maximum atomic E-state index is 12.3. The third-order valence-corrected chi connectivity index (χ3v) is 5.20. The van der Waals surface area contributed by atoms with Crippen molar-refractivity contribution in [3.8, 4) is 11.5 Å². The summed E-state index contributed by atoms with van der Waals surface area (Å²) in [6.07, 6.45) is 1.58. The van der Waals surface area contributed by atoms with E-state index in [1.165, 1.54) is 7.11 Å². The van der Waals surface area contributed by atoms with E-state index in [1.54, 1.807) is 66.7 Å². The molecule has 1 aliphatic heterocycles. The van der Waals surface area contributed by atoms with Crippen LogP contribution in [-0.2, 0) is 9.53 Å². The molecule has 0 aliphatic carbocycles. The van der Waals surface area contributed by atoms with Crippen LogP contribution in [0.2, 0.25) is 5.02 Å². The lowest BCUT2D eigenvalue weighted by molar-refractivity contribution is -0.129. The smallest absolute Gasteiger partial charge is 0.363 e. The van der Waals surface area contributed by atoms with E-state index in [9.17, 15) is 9.59 Å². The number of aliphatic imine (C=N–C) groups is 1. The van der Waals surface area contributed by atoms with Gasteiger partial charge >= 0.3 is 11.9 Å². The van der Waals surface area contributed by atoms with Gasteiger partial charge < -0.3 is 14.2 Å². The third kappa shape index (κ3) is 4.90. The zero-order valence-electron chi connectivity index (χ0n) is 16.7. The molecule has 0 saturated heterocycles. The Hall–Kier alpha value is -3.42. The number of benzene rings is 3. The van der Waals surface area contributed by atoms with Gasteiger partial charge in [0, 0.05) is 9.50 Å². The molecule has 0 bridgehead atoms. The van der Waals surface area contributed by atoms with Crippen molar-refractivity contribution < 1.29 is 23.8 Å². The van der Waals surface area contributed by atoms with E-state index < -0.39 is 11.9 Å². The predicted octanol–water partition coefficient (Wildman–Crippen LogP) is 5.67. The van der Waals surface area contributed by atoms with Gasteiger partial charge in [-0.05, 0) is 60.2 Å². The number of rotatable bonds is 5. The van der Waals surface area contributed by atoms with Crippen molar-refractivity contribution in [1.29, 1.82) is 0 Å². The topological polar surface area (TPSA) is 74.2 Å². The lowest BCUT2D eigenvalue weighted by Gasteiger charge is -2.07. The van der Waals surface area contributed by atoms with Crippen LogP contribution < -0.4 is 9.47 Å². The van der Waals surface area contributed by atoms with Gasteiger partial charge in [-0.25, -0.2) is 14.6 Å². The van der Waals surface area contributed by atoms with Crippen molar-refractivity contribution in [2.75, 3.05) is 7.11 Å². The summed E-state index contributed by atoms with van der Waals surface area (Å²) >= 11 is 9.37. The van der Waals surface area contributed by atoms with Crippen LogP contribution in [0.1, 0.15) is 21.5 Å². The monoisotopic (exact) mass is 511 g/mol. The molecular weight excluding hydrogens is 498 g/mol. The van der Waals surface area contributed by atoms with E-state index in [-0.39, 0.29) is 11.6 Å². The first-order valence-electron chi connectivity index (χ1n) is 9.37. The maximum Gasteiger partial charge on any atom is 0.363 e. The van der Waals surface area contributed by atoms with E-state index in [4.69, 9.17) is 25.8 Å². The Bertz CT molecular complexity index is 1270. The molecule has 0 N–H and O–H groups in total. The predicted molar refractivity (Wildman–Crippen MR) is 124 cm³/mol. The highest BCUT2D eigenvalue weighted by Gasteiger charge is 2.26. The van der Waals surface area contributed by atoms with Crippen molar-refractivity contribution in [3.63, 3.8) is 0 Å². The van der Waals surface area contributed by atoms with E-state index >= 15 is 0 Å². The molecule has 160 valence electrons. The Morgan fingerprint density at radius 3 is 2.59 bits per heavy atom. The van der Waals surface area contributed by atoms with Gasteiger partial charge in [-0.2, -0.15) is 0 Å². The van der Waals surface area contributed by atoms with Crippen LogP contribution in [0.5, 0.6) is 11.5 Å². The average molecular weight is 513 g/mol. The Kier molecular flexibility index (Phi) is 6.39. The molecule has 0 unspecified atom stereocenters. The van der Waals surface area contributed by atoms with Crippen LogP contribution >= 0.6 is 27.5 Å². The second kappa shape index (κ2) is 9.38. The minimum atomic E-state index is -0.591. The summed E-state index contributed by atoms with van der Waals surface area (Å²) in [5.74, 6) is -0.0911. The highest BCUT2D eigenvalue weighted by Crippen LogP contribution is 2.28. The van der Waals surface area contributed by atoms with Gasteiger partial charge in [0.15, 0.2) is 5.70 Å². The molecule has 0 saturated carbocycles. The SMILES string of the molecule is COc1ccc(Cl)cc1C1=N/C(=C/c2ccc(OC(=O)c3cccc(Br)c3)cc2)C(=O)O1. The molecule has 3 aromatic rings. The minimum Gasteiger partial charge on any atom is -0.496 e. The number of ether oxygens (including phenoxy) is 3. The fourth-order valence-corrected chi connectivity index (χ4v) is 3.51. The van der Waals surface area contributed by atoms with Gasteiger partial charge in [-0.3, -0.25) is 0 Å². The Balaban J connectivity index is 1.52. The largest absolute Gasteiger partial charge is 0.496 e. The summed E-state index contributed by atoms with van der Waals surface area (Å²) in [6, 6.07) is 18.6. The van der Waals surface area contributed by atoms with Gasteiger partial charge in [0.05, 0.1) is 18.2 Å². The van der Waals surface area contributed by atoms with Crippen molar-refractivity contribution in [2.45, 2.75) is 0 Å². The number of methoxy groups -OCH3 is 1. The van der Waals surface area contributed by atoms with Gasteiger partial charge in [0.2, 0.25) is 5.90 Å². The zero-order chi connectivity index (χ0) is 22.7. The van der Waals surface area contributed by atoms with Gasteiger partial charge in [-0.1, -0.05) is 45.7 Å². The second-order valence-corrected chi connectivity index (χ2v) is 8.00. The summed E-state index contributed by atoms with van der Waals surface area (Å²) in [7, 11) is 1.51. The molecule has 1 heterocycles. The van der Waals surface area contributed by atoms with Gasteiger partial charge in [0.25, 0.3) is 0 Å². The second-order valence-electron chi connectivity index (χ2n) is 6.65. The normalized spacial score (nSPS) is 14.2. The first-order valence-corrected chi connectivity index (χ1v) is 10.5. The summed E-state index contributed by atoms with van der Waals surface area (Å²) in [4.78, 5) is 28.8. The first kappa shape index (κ1) is 21.8. The van der Waals surface area contributed by atoms with E-state index in [1.807, 2.05) is 6.07 Å². The molecule has 0 atom stereocenters. The molecular formula is C24H15BrClNO5. The highest BCUT2D eigenvalue weighted by atomic mass is 79.9. The highest BCUT2D eigenvalue weighted by molar-refractivity contribution is 9.10. The molecule has 0 amide bonds. The fraction of sp³-hybridized carbons (Fsp3) is 0.0417.